The molecule has 94 valence electrons. The SMILES string of the molecule is O=C(NC1CCC(O)CC1)c1cc(Cl)sc1Cl. The fourth-order valence-corrected chi connectivity index (χ4v) is 3.44. The lowest BCUT2D eigenvalue weighted by Crippen LogP contribution is -2.38. The molecule has 1 fully saturated rings. The Hall–Kier alpha value is -0.290. The number of halogens is 2. The Morgan fingerprint density at radius 1 is 1.35 bits per heavy atom. The van der Waals surface area contributed by atoms with Gasteiger partial charge < -0.3 is 10.4 Å². The molecule has 0 aliphatic heterocycles. The molecular weight excluding hydrogens is 281 g/mol. The van der Waals surface area contributed by atoms with Crippen LogP contribution in [0.4, 0.5) is 0 Å². The summed E-state index contributed by atoms with van der Waals surface area (Å²) in [5, 5.41) is 12.3. The van der Waals surface area contributed by atoms with Gasteiger partial charge in [-0.1, -0.05) is 23.2 Å². The molecule has 17 heavy (non-hydrogen) atoms. The normalized spacial score (nSPS) is 24.6. The van der Waals surface area contributed by atoms with Crippen molar-refractivity contribution >= 4 is 40.4 Å². The first-order chi connectivity index (χ1) is 8.06. The van der Waals surface area contributed by atoms with Crippen LogP contribution >= 0.6 is 34.5 Å². The number of carbonyl (C=O) groups excluding carboxylic acids is 1. The second kappa shape index (κ2) is 5.57. The number of rotatable bonds is 2. The summed E-state index contributed by atoms with van der Waals surface area (Å²) in [7, 11) is 0. The molecule has 1 saturated carbocycles. The summed E-state index contributed by atoms with van der Waals surface area (Å²) >= 11 is 12.9. The van der Waals surface area contributed by atoms with E-state index in [0.29, 0.717) is 14.2 Å². The largest absolute Gasteiger partial charge is 0.393 e. The van der Waals surface area contributed by atoms with Crippen LogP contribution in [-0.2, 0) is 0 Å². The van der Waals surface area contributed by atoms with Crippen LogP contribution in [0, 0.1) is 0 Å². The summed E-state index contributed by atoms with van der Waals surface area (Å²) in [5.41, 5.74) is 0.438. The molecule has 2 rings (SSSR count). The molecule has 0 saturated heterocycles. The average Bonchev–Trinajstić information content (AvgIpc) is 2.61. The van der Waals surface area contributed by atoms with Crippen molar-refractivity contribution in [3.8, 4) is 0 Å². The van der Waals surface area contributed by atoms with Crippen molar-refractivity contribution in [3.63, 3.8) is 0 Å². The molecule has 0 spiro atoms. The van der Waals surface area contributed by atoms with Gasteiger partial charge in [0.25, 0.3) is 5.91 Å². The molecule has 6 heteroatoms. The van der Waals surface area contributed by atoms with Crippen molar-refractivity contribution in [3.05, 3.63) is 20.3 Å². The third-order valence-corrected chi connectivity index (χ3v) is 4.42. The van der Waals surface area contributed by atoms with Crippen molar-refractivity contribution < 1.29 is 9.90 Å². The number of thiophene rings is 1. The van der Waals surface area contributed by atoms with Crippen molar-refractivity contribution in [1.82, 2.24) is 5.32 Å². The van der Waals surface area contributed by atoms with E-state index in [2.05, 4.69) is 5.32 Å². The molecule has 1 heterocycles. The van der Waals surface area contributed by atoms with Gasteiger partial charge in [-0.05, 0) is 31.7 Å². The van der Waals surface area contributed by atoms with Gasteiger partial charge in [-0.25, -0.2) is 0 Å². The fourth-order valence-electron chi connectivity index (χ4n) is 1.98. The number of amides is 1. The van der Waals surface area contributed by atoms with Crippen LogP contribution in [0.25, 0.3) is 0 Å². The quantitative estimate of drug-likeness (QED) is 0.880. The highest BCUT2D eigenvalue weighted by Crippen LogP contribution is 2.31. The second-order valence-corrected chi connectivity index (χ2v) is 6.50. The van der Waals surface area contributed by atoms with E-state index >= 15 is 0 Å². The number of nitrogens with one attached hydrogen (secondary N) is 1. The van der Waals surface area contributed by atoms with Crippen molar-refractivity contribution in [2.75, 3.05) is 0 Å². The van der Waals surface area contributed by atoms with E-state index in [1.165, 1.54) is 11.3 Å². The van der Waals surface area contributed by atoms with E-state index in [4.69, 9.17) is 23.2 Å². The molecule has 0 radical (unpaired) electrons. The van der Waals surface area contributed by atoms with Crippen LogP contribution in [0.1, 0.15) is 36.0 Å². The standard InChI is InChI=1S/C11H13Cl2NO2S/c12-9-5-8(10(13)17-9)11(16)14-6-1-3-7(15)4-2-6/h5-7,15H,1-4H2,(H,14,16). The summed E-state index contributed by atoms with van der Waals surface area (Å²) in [6.45, 7) is 0. The van der Waals surface area contributed by atoms with Gasteiger partial charge in [0, 0.05) is 6.04 Å². The Morgan fingerprint density at radius 2 is 2.00 bits per heavy atom. The van der Waals surface area contributed by atoms with Gasteiger partial charge in [0.15, 0.2) is 0 Å². The highest BCUT2D eigenvalue weighted by molar-refractivity contribution is 7.20. The molecule has 1 aromatic rings. The topological polar surface area (TPSA) is 49.3 Å². The third kappa shape index (κ3) is 3.35. The molecule has 0 aromatic carbocycles. The number of carbonyl (C=O) groups is 1. The highest BCUT2D eigenvalue weighted by atomic mass is 35.5. The maximum absolute atomic E-state index is 11.9. The molecule has 1 aliphatic carbocycles. The Kier molecular flexibility index (Phi) is 4.31. The van der Waals surface area contributed by atoms with E-state index in [1.54, 1.807) is 6.07 Å². The molecule has 1 aliphatic rings. The van der Waals surface area contributed by atoms with Crippen LogP contribution in [-0.4, -0.2) is 23.2 Å². The van der Waals surface area contributed by atoms with Crippen molar-refractivity contribution in [1.29, 1.82) is 0 Å². The molecule has 1 aromatic heterocycles. The lowest BCUT2D eigenvalue weighted by Gasteiger charge is -2.26. The first-order valence-corrected chi connectivity index (χ1v) is 7.07. The fraction of sp³-hybridized carbons (Fsp3) is 0.545. The van der Waals surface area contributed by atoms with Gasteiger partial charge >= 0.3 is 0 Å². The average molecular weight is 294 g/mol. The lowest BCUT2D eigenvalue weighted by atomic mass is 9.93. The number of hydrogen-bond donors (Lipinski definition) is 2. The maximum atomic E-state index is 11.9. The molecule has 2 N–H and O–H groups in total. The monoisotopic (exact) mass is 293 g/mol. The first-order valence-electron chi connectivity index (χ1n) is 5.50. The third-order valence-electron chi connectivity index (χ3n) is 2.93. The Bertz CT molecular complexity index is 414. The van der Waals surface area contributed by atoms with Crippen LogP contribution in [0.3, 0.4) is 0 Å². The van der Waals surface area contributed by atoms with Crippen LogP contribution in [0.15, 0.2) is 6.07 Å². The Labute approximate surface area is 114 Å². The number of hydrogen-bond acceptors (Lipinski definition) is 3. The summed E-state index contributed by atoms with van der Waals surface area (Å²) < 4.78 is 0.933. The van der Waals surface area contributed by atoms with Gasteiger partial charge in [0.05, 0.1) is 16.0 Å². The maximum Gasteiger partial charge on any atom is 0.253 e. The number of aliphatic hydroxyl groups excluding tert-OH is 1. The molecule has 0 atom stereocenters. The predicted octanol–water partition coefficient (Wildman–Crippen LogP) is 3.09. The van der Waals surface area contributed by atoms with Crippen LogP contribution < -0.4 is 5.32 Å². The minimum absolute atomic E-state index is 0.126. The van der Waals surface area contributed by atoms with E-state index in [-0.39, 0.29) is 18.1 Å². The summed E-state index contributed by atoms with van der Waals surface area (Å²) in [6.07, 6.45) is 2.87. The Balaban J connectivity index is 1.95. The van der Waals surface area contributed by atoms with Gasteiger partial charge in [-0.2, -0.15) is 0 Å². The zero-order valence-electron chi connectivity index (χ0n) is 9.08. The summed E-state index contributed by atoms with van der Waals surface area (Å²) in [6, 6.07) is 1.71. The zero-order chi connectivity index (χ0) is 12.4. The summed E-state index contributed by atoms with van der Waals surface area (Å²) in [5.74, 6) is -0.181. The lowest BCUT2D eigenvalue weighted by molar-refractivity contribution is 0.0868. The van der Waals surface area contributed by atoms with E-state index in [9.17, 15) is 9.90 Å². The molecular formula is C11H13Cl2NO2S. The van der Waals surface area contributed by atoms with E-state index < -0.39 is 0 Å². The van der Waals surface area contributed by atoms with E-state index in [1.807, 2.05) is 0 Å². The van der Waals surface area contributed by atoms with Gasteiger partial charge in [0.2, 0.25) is 0 Å². The molecule has 3 nitrogen and oxygen atoms in total. The van der Waals surface area contributed by atoms with Crippen molar-refractivity contribution in [2.45, 2.75) is 37.8 Å². The number of aliphatic hydroxyl groups is 1. The molecule has 0 unspecified atom stereocenters. The minimum Gasteiger partial charge on any atom is -0.393 e. The minimum atomic E-state index is -0.220. The molecule has 1 amide bonds. The van der Waals surface area contributed by atoms with Crippen LogP contribution in [0.5, 0.6) is 0 Å². The first kappa shape index (κ1) is 13.1. The van der Waals surface area contributed by atoms with Gasteiger partial charge in [-0.15, -0.1) is 11.3 Å². The Morgan fingerprint density at radius 3 is 2.53 bits per heavy atom. The van der Waals surface area contributed by atoms with Crippen LogP contribution in [0.2, 0.25) is 8.67 Å². The van der Waals surface area contributed by atoms with Gasteiger partial charge in [0.1, 0.15) is 4.34 Å². The van der Waals surface area contributed by atoms with E-state index in [0.717, 1.165) is 25.7 Å². The van der Waals surface area contributed by atoms with Gasteiger partial charge in [-0.3, -0.25) is 4.79 Å². The highest BCUT2D eigenvalue weighted by Gasteiger charge is 2.22. The van der Waals surface area contributed by atoms with Crippen molar-refractivity contribution in [2.24, 2.45) is 0 Å². The molecule has 0 bridgehead atoms. The predicted molar refractivity (Wildman–Crippen MR) is 70.1 cm³/mol. The summed E-state index contributed by atoms with van der Waals surface area (Å²) in [4.78, 5) is 11.9. The second-order valence-electron chi connectivity index (χ2n) is 4.22. The zero-order valence-corrected chi connectivity index (χ0v) is 11.4. The smallest absolute Gasteiger partial charge is 0.253 e.